The molecule has 0 aliphatic rings. The minimum absolute atomic E-state index is 0.984. The predicted octanol–water partition coefficient (Wildman–Crippen LogP) is 2.07. The number of aromatic nitrogens is 1. The standard InChI is InChI=1S/C14H16N2S/c1-17-14-6-4-12(5-7-14)9-16-11-13-3-2-8-15-10-13/h2-8,10,16H,9,11H2,1H3/p+1. The summed E-state index contributed by atoms with van der Waals surface area (Å²) in [5, 5.41) is 2.30. The molecule has 88 valence electrons. The highest BCUT2D eigenvalue weighted by atomic mass is 32.2. The molecule has 0 radical (unpaired) electrons. The molecule has 1 aromatic heterocycles. The lowest BCUT2D eigenvalue weighted by Crippen LogP contribution is -2.80. The van der Waals surface area contributed by atoms with Crippen LogP contribution >= 0.6 is 11.8 Å². The molecule has 1 heterocycles. The molecule has 3 heteroatoms. The monoisotopic (exact) mass is 245 g/mol. The van der Waals surface area contributed by atoms with Gasteiger partial charge in [0.2, 0.25) is 0 Å². The molecule has 0 aliphatic carbocycles. The van der Waals surface area contributed by atoms with Gasteiger partial charge in [-0.1, -0.05) is 18.2 Å². The van der Waals surface area contributed by atoms with E-state index in [1.165, 1.54) is 16.0 Å². The third kappa shape index (κ3) is 3.88. The van der Waals surface area contributed by atoms with E-state index in [2.05, 4.69) is 46.9 Å². The molecule has 0 atom stereocenters. The second kappa shape index (κ2) is 6.42. The first-order valence-electron chi connectivity index (χ1n) is 5.72. The summed E-state index contributed by atoms with van der Waals surface area (Å²) in [6, 6.07) is 12.9. The quantitative estimate of drug-likeness (QED) is 0.817. The zero-order chi connectivity index (χ0) is 11.9. The number of benzene rings is 1. The minimum Gasteiger partial charge on any atom is -0.339 e. The summed E-state index contributed by atoms with van der Waals surface area (Å²) in [6.07, 6.45) is 5.83. The Balaban J connectivity index is 1.82. The Hall–Kier alpha value is -1.32. The molecular weight excluding hydrogens is 228 g/mol. The molecule has 2 nitrogen and oxygen atoms in total. The van der Waals surface area contributed by atoms with Crippen molar-refractivity contribution >= 4 is 11.8 Å². The summed E-state index contributed by atoms with van der Waals surface area (Å²) in [5.41, 5.74) is 2.64. The van der Waals surface area contributed by atoms with Crippen LogP contribution in [0.3, 0.4) is 0 Å². The average molecular weight is 245 g/mol. The Labute approximate surface area is 106 Å². The largest absolute Gasteiger partial charge is 0.339 e. The molecule has 17 heavy (non-hydrogen) atoms. The first kappa shape index (κ1) is 12.1. The summed E-state index contributed by atoms with van der Waals surface area (Å²) in [6.45, 7) is 2.00. The zero-order valence-corrected chi connectivity index (χ0v) is 10.8. The van der Waals surface area contributed by atoms with Crippen LogP contribution in [0.5, 0.6) is 0 Å². The van der Waals surface area contributed by atoms with Gasteiger partial charge in [-0.15, -0.1) is 11.8 Å². The maximum absolute atomic E-state index is 4.11. The van der Waals surface area contributed by atoms with Crippen molar-refractivity contribution < 1.29 is 5.32 Å². The van der Waals surface area contributed by atoms with Crippen molar-refractivity contribution in [1.82, 2.24) is 4.98 Å². The molecule has 1 aromatic carbocycles. The Morgan fingerprint density at radius 1 is 1.06 bits per heavy atom. The fraction of sp³-hybridized carbons (Fsp3) is 0.214. The van der Waals surface area contributed by atoms with E-state index in [1.54, 1.807) is 11.8 Å². The molecular formula is C14H17N2S+. The van der Waals surface area contributed by atoms with Crippen LogP contribution in [0, 0.1) is 0 Å². The van der Waals surface area contributed by atoms with Gasteiger partial charge in [-0.3, -0.25) is 4.98 Å². The van der Waals surface area contributed by atoms with Crippen LogP contribution in [-0.4, -0.2) is 11.2 Å². The first-order chi connectivity index (χ1) is 8.38. The van der Waals surface area contributed by atoms with Crippen LogP contribution in [0.25, 0.3) is 0 Å². The van der Waals surface area contributed by atoms with Crippen LogP contribution in [0.4, 0.5) is 0 Å². The molecule has 0 unspecified atom stereocenters. The lowest BCUT2D eigenvalue weighted by Gasteiger charge is -2.03. The van der Waals surface area contributed by atoms with Crippen molar-refractivity contribution in [2.24, 2.45) is 0 Å². The normalized spacial score (nSPS) is 10.4. The van der Waals surface area contributed by atoms with Gasteiger partial charge in [0.25, 0.3) is 0 Å². The molecule has 0 saturated carbocycles. The summed E-state index contributed by atoms with van der Waals surface area (Å²) in [5.74, 6) is 0. The van der Waals surface area contributed by atoms with Gasteiger partial charge in [0.1, 0.15) is 13.1 Å². The number of rotatable bonds is 5. The van der Waals surface area contributed by atoms with Crippen LogP contribution in [0.2, 0.25) is 0 Å². The lowest BCUT2D eigenvalue weighted by molar-refractivity contribution is -0.686. The summed E-state index contributed by atoms with van der Waals surface area (Å²) < 4.78 is 0. The average Bonchev–Trinajstić information content (AvgIpc) is 2.41. The third-order valence-corrected chi connectivity index (χ3v) is 3.39. The van der Waals surface area contributed by atoms with Crippen LogP contribution in [0.15, 0.2) is 53.7 Å². The van der Waals surface area contributed by atoms with Gasteiger partial charge < -0.3 is 5.32 Å². The maximum atomic E-state index is 4.11. The van der Waals surface area contributed by atoms with E-state index in [9.17, 15) is 0 Å². The summed E-state index contributed by atoms with van der Waals surface area (Å²) in [4.78, 5) is 5.43. The summed E-state index contributed by atoms with van der Waals surface area (Å²) in [7, 11) is 0. The highest BCUT2D eigenvalue weighted by Gasteiger charge is 1.97. The number of hydrogen-bond acceptors (Lipinski definition) is 2. The lowest BCUT2D eigenvalue weighted by atomic mass is 10.2. The molecule has 2 aromatic rings. The van der Waals surface area contributed by atoms with E-state index in [-0.39, 0.29) is 0 Å². The van der Waals surface area contributed by atoms with Crippen molar-refractivity contribution in [2.45, 2.75) is 18.0 Å². The molecule has 0 saturated heterocycles. The second-order valence-electron chi connectivity index (χ2n) is 3.91. The Morgan fingerprint density at radius 3 is 2.47 bits per heavy atom. The zero-order valence-electron chi connectivity index (χ0n) is 9.97. The number of hydrogen-bond donors (Lipinski definition) is 1. The van der Waals surface area contributed by atoms with Crippen LogP contribution in [-0.2, 0) is 13.1 Å². The highest BCUT2D eigenvalue weighted by Crippen LogP contribution is 2.14. The smallest absolute Gasteiger partial charge is 0.103 e. The fourth-order valence-corrected chi connectivity index (χ4v) is 2.09. The third-order valence-electron chi connectivity index (χ3n) is 2.64. The van der Waals surface area contributed by atoms with Gasteiger partial charge in [0.15, 0.2) is 0 Å². The number of nitrogens with zero attached hydrogens (tertiary/aromatic N) is 1. The maximum Gasteiger partial charge on any atom is 0.103 e. The molecule has 0 bridgehead atoms. The number of thioether (sulfide) groups is 1. The van der Waals surface area contributed by atoms with E-state index in [4.69, 9.17) is 0 Å². The van der Waals surface area contributed by atoms with Crippen molar-refractivity contribution in [3.8, 4) is 0 Å². The molecule has 0 spiro atoms. The van der Waals surface area contributed by atoms with E-state index in [0.29, 0.717) is 0 Å². The van der Waals surface area contributed by atoms with Gasteiger partial charge in [0.05, 0.1) is 0 Å². The van der Waals surface area contributed by atoms with Gasteiger partial charge in [-0.2, -0.15) is 0 Å². The Bertz CT molecular complexity index is 440. The van der Waals surface area contributed by atoms with Crippen LogP contribution < -0.4 is 5.32 Å². The van der Waals surface area contributed by atoms with Gasteiger partial charge in [0, 0.05) is 28.4 Å². The minimum atomic E-state index is 0.984. The van der Waals surface area contributed by atoms with Gasteiger partial charge in [-0.05, 0) is 24.5 Å². The van der Waals surface area contributed by atoms with E-state index >= 15 is 0 Å². The fourth-order valence-electron chi connectivity index (χ4n) is 1.69. The number of quaternary nitrogens is 1. The van der Waals surface area contributed by atoms with E-state index < -0.39 is 0 Å². The number of pyridine rings is 1. The molecule has 0 amide bonds. The Morgan fingerprint density at radius 2 is 1.82 bits per heavy atom. The van der Waals surface area contributed by atoms with E-state index in [0.717, 1.165) is 13.1 Å². The summed E-state index contributed by atoms with van der Waals surface area (Å²) >= 11 is 1.78. The Kier molecular flexibility index (Phi) is 4.59. The van der Waals surface area contributed by atoms with Crippen molar-refractivity contribution in [3.05, 3.63) is 59.9 Å². The SMILES string of the molecule is CSc1ccc(C[NH2+]Cc2cccnc2)cc1. The second-order valence-corrected chi connectivity index (χ2v) is 4.79. The van der Waals surface area contributed by atoms with Gasteiger partial charge >= 0.3 is 0 Å². The van der Waals surface area contributed by atoms with Crippen molar-refractivity contribution in [1.29, 1.82) is 0 Å². The van der Waals surface area contributed by atoms with Crippen molar-refractivity contribution in [3.63, 3.8) is 0 Å². The van der Waals surface area contributed by atoms with Crippen LogP contribution in [0.1, 0.15) is 11.1 Å². The molecule has 2 rings (SSSR count). The topological polar surface area (TPSA) is 29.5 Å². The molecule has 0 fully saturated rings. The molecule has 2 N–H and O–H groups in total. The molecule has 0 aliphatic heterocycles. The van der Waals surface area contributed by atoms with Gasteiger partial charge in [-0.25, -0.2) is 0 Å². The van der Waals surface area contributed by atoms with E-state index in [1.807, 2.05) is 18.5 Å². The highest BCUT2D eigenvalue weighted by molar-refractivity contribution is 7.98. The first-order valence-corrected chi connectivity index (χ1v) is 6.94. The van der Waals surface area contributed by atoms with Crippen molar-refractivity contribution in [2.75, 3.05) is 6.26 Å². The predicted molar refractivity (Wildman–Crippen MR) is 71.8 cm³/mol. The number of nitrogens with two attached hydrogens (primary N) is 1.